The summed E-state index contributed by atoms with van der Waals surface area (Å²) in [5, 5.41) is 6.17. The Hall–Kier alpha value is -3.38. The standard InChI is InChI=1S/C25H24N2O3S/c1-14-6-7-18(15(2)10-14)21-13-30-24-17(4)23(29-5)19(12-20(21)24)16(3)11-22(28)27-25-26-8-9-31-25/h6-13H,1-5H3,(H,26,27,28)/b16-11+. The fourth-order valence-corrected chi connectivity index (χ4v) is 4.43. The maximum absolute atomic E-state index is 12.5. The fraction of sp³-hybridized carbons (Fsp3) is 0.200. The molecule has 1 amide bonds. The molecule has 1 N–H and O–H groups in total. The average molecular weight is 433 g/mol. The summed E-state index contributed by atoms with van der Waals surface area (Å²) in [6, 6.07) is 8.44. The first-order valence-electron chi connectivity index (χ1n) is 9.94. The Morgan fingerprint density at radius 1 is 1.19 bits per heavy atom. The summed E-state index contributed by atoms with van der Waals surface area (Å²) in [5.41, 5.74) is 7.90. The number of fused-ring (bicyclic) bond motifs is 1. The SMILES string of the molecule is COc1c(/C(C)=C/C(=O)Nc2nccs2)cc2c(-c3ccc(C)cc3C)coc2c1C. The molecule has 4 aromatic rings. The minimum absolute atomic E-state index is 0.228. The maximum Gasteiger partial charge on any atom is 0.250 e. The number of aromatic nitrogens is 1. The third-order valence-corrected chi connectivity index (χ3v) is 6.04. The lowest BCUT2D eigenvalue weighted by Crippen LogP contribution is -2.08. The van der Waals surface area contributed by atoms with E-state index in [1.54, 1.807) is 25.6 Å². The molecular weight excluding hydrogens is 408 g/mol. The number of methoxy groups -OCH3 is 1. The van der Waals surface area contributed by atoms with E-state index in [4.69, 9.17) is 9.15 Å². The summed E-state index contributed by atoms with van der Waals surface area (Å²) in [4.78, 5) is 16.6. The van der Waals surface area contributed by atoms with Crippen LogP contribution in [0.1, 0.15) is 29.2 Å². The number of thiazole rings is 1. The summed E-state index contributed by atoms with van der Waals surface area (Å²) >= 11 is 1.38. The highest BCUT2D eigenvalue weighted by molar-refractivity contribution is 7.13. The molecule has 0 aliphatic carbocycles. The largest absolute Gasteiger partial charge is 0.496 e. The Labute approximate surface area is 185 Å². The van der Waals surface area contributed by atoms with Crippen molar-refractivity contribution in [3.63, 3.8) is 0 Å². The van der Waals surface area contributed by atoms with Gasteiger partial charge in [0.2, 0.25) is 5.91 Å². The van der Waals surface area contributed by atoms with Crippen LogP contribution in [0.15, 0.2) is 52.6 Å². The zero-order chi connectivity index (χ0) is 22.1. The number of hydrogen-bond acceptors (Lipinski definition) is 5. The highest BCUT2D eigenvalue weighted by atomic mass is 32.1. The molecule has 0 saturated carbocycles. The van der Waals surface area contributed by atoms with Gasteiger partial charge in [-0.2, -0.15) is 0 Å². The Bertz CT molecular complexity index is 1300. The van der Waals surface area contributed by atoms with E-state index in [-0.39, 0.29) is 5.91 Å². The van der Waals surface area contributed by atoms with E-state index >= 15 is 0 Å². The number of carbonyl (C=O) groups is 1. The minimum Gasteiger partial charge on any atom is -0.496 e. The quantitative estimate of drug-likeness (QED) is 0.364. The maximum atomic E-state index is 12.5. The molecule has 0 atom stereocenters. The Kier molecular flexibility index (Phi) is 5.65. The monoisotopic (exact) mass is 432 g/mol. The second-order valence-electron chi connectivity index (χ2n) is 7.58. The Balaban J connectivity index is 1.83. The zero-order valence-electron chi connectivity index (χ0n) is 18.2. The number of rotatable bonds is 5. The topological polar surface area (TPSA) is 64.4 Å². The zero-order valence-corrected chi connectivity index (χ0v) is 19.0. The van der Waals surface area contributed by atoms with Crippen LogP contribution in [0.4, 0.5) is 5.13 Å². The van der Waals surface area contributed by atoms with E-state index in [2.05, 4.69) is 42.3 Å². The molecule has 31 heavy (non-hydrogen) atoms. The van der Waals surface area contributed by atoms with E-state index in [9.17, 15) is 4.79 Å². The minimum atomic E-state index is -0.228. The van der Waals surface area contributed by atoms with Gasteiger partial charge in [0.05, 0.1) is 13.4 Å². The highest BCUT2D eigenvalue weighted by Gasteiger charge is 2.19. The second-order valence-corrected chi connectivity index (χ2v) is 8.48. The lowest BCUT2D eigenvalue weighted by Gasteiger charge is -2.13. The molecule has 0 radical (unpaired) electrons. The van der Waals surface area contributed by atoms with E-state index in [1.165, 1.54) is 22.5 Å². The van der Waals surface area contributed by atoms with Gasteiger partial charge < -0.3 is 9.15 Å². The first kappa shape index (κ1) is 20.9. The van der Waals surface area contributed by atoms with Crippen molar-refractivity contribution >= 4 is 38.9 Å². The van der Waals surface area contributed by atoms with Crippen LogP contribution in [0, 0.1) is 20.8 Å². The van der Waals surface area contributed by atoms with Gasteiger partial charge >= 0.3 is 0 Å². The van der Waals surface area contributed by atoms with Gasteiger partial charge in [0.15, 0.2) is 5.13 Å². The van der Waals surface area contributed by atoms with Crippen molar-refractivity contribution in [3.05, 3.63) is 70.4 Å². The van der Waals surface area contributed by atoms with Crippen LogP contribution >= 0.6 is 11.3 Å². The van der Waals surface area contributed by atoms with Crippen molar-refractivity contribution in [2.45, 2.75) is 27.7 Å². The lowest BCUT2D eigenvalue weighted by molar-refractivity contribution is -0.111. The van der Waals surface area contributed by atoms with Crippen LogP contribution in [-0.4, -0.2) is 18.0 Å². The molecule has 0 bridgehead atoms. The normalized spacial score (nSPS) is 11.7. The first-order valence-corrected chi connectivity index (χ1v) is 10.8. The van der Waals surface area contributed by atoms with E-state index in [0.717, 1.165) is 38.8 Å². The van der Waals surface area contributed by atoms with Gasteiger partial charge in [-0.05, 0) is 50.5 Å². The van der Waals surface area contributed by atoms with Crippen molar-refractivity contribution in [1.82, 2.24) is 4.98 Å². The number of aryl methyl sites for hydroxylation is 3. The summed E-state index contributed by atoms with van der Waals surface area (Å²) in [7, 11) is 1.63. The molecule has 2 aromatic heterocycles. The number of furan rings is 1. The number of nitrogens with one attached hydrogen (secondary N) is 1. The fourth-order valence-electron chi connectivity index (χ4n) is 3.90. The first-order chi connectivity index (χ1) is 14.9. The molecule has 2 aromatic carbocycles. The molecule has 5 nitrogen and oxygen atoms in total. The van der Waals surface area contributed by atoms with E-state index in [1.807, 2.05) is 25.3 Å². The molecule has 0 aliphatic heterocycles. The van der Waals surface area contributed by atoms with Crippen molar-refractivity contribution in [1.29, 1.82) is 0 Å². The van der Waals surface area contributed by atoms with Crippen LogP contribution in [-0.2, 0) is 4.79 Å². The molecule has 0 saturated heterocycles. The molecule has 2 heterocycles. The average Bonchev–Trinajstić information content (AvgIpc) is 3.38. The third-order valence-electron chi connectivity index (χ3n) is 5.36. The molecule has 0 spiro atoms. The number of benzene rings is 2. The number of nitrogens with zero attached hydrogens (tertiary/aromatic N) is 1. The molecule has 0 aliphatic rings. The van der Waals surface area contributed by atoms with Gasteiger partial charge in [0, 0.05) is 39.7 Å². The van der Waals surface area contributed by atoms with E-state index in [0.29, 0.717) is 10.9 Å². The van der Waals surface area contributed by atoms with Crippen molar-refractivity contribution in [2.24, 2.45) is 0 Å². The lowest BCUT2D eigenvalue weighted by atomic mass is 9.94. The third kappa shape index (κ3) is 3.99. The van der Waals surface area contributed by atoms with Gasteiger partial charge in [-0.25, -0.2) is 4.98 Å². The van der Waals surface area contributed by atoms with Crippen molar-refractivity contribution in [3.8, 4) is 16.9 Å². The molecular formula is C25H24N2O3S. The summed E-state index contributed by atoms with van der Waals surface area (Å²) in [5.74, 6) is 0.471. The molecule has 158 valence electrons. The van der Waals surface area contributed by atoms with Gasteiger partial charge in [-0.3, -0.25) is 10.1 Å². The number of amides is 1. The van der Waals surface area contributed by atoms with Crippen LogP contribution in [0.25, 0.3) is 27.7 Å². The van der Waals surface area contributed by atoms with Crippen LogP contribution in [0.3, 0.4) is 0 Å². The van der Waals surface area contributed by atoms with Crippen LogP contribution < -0.4 is 10.1 Å². The predicted molar refractivity (Wildman–Crippen MR) is 127 cm³/mol. The number of hydrogen-bond donors (Lipinski definition) is 1. The van der Waals surface area contributed by atoms with Crippen LogP contribution in [0.2, 0.25) is 0 Å². The molecule has 4 rings (SSSR count). The highest BCUT2D eigenvalue weighted by Crippen LogP contribution is 2.41. The predicted octanol–water partition coefficient (Wildman–Crippen LogP) is 6.53. The van der Waals surface area contributed by atoms with E-state index < -0.39 is 0 Å². The van der Waals surface area contributed by atoms with Gasteiger partial charge in [-0.1, -0.05) is 23.8 Å². The summed E-state index contributed by atoms with van der Waals surface area (Å²) < 4.78 is 11.7. The molecule has 0 fully saturated rings. The molecule has 0 unspecified atom stereocenters. The number of carbonyl (C=O) groups excluding carboxylic acids is 1. The van der Waals surface area contributed by atoms with Gasteiger partial charge in [0.1, 0.15) is 11.3 Å². The summed E-state index contributed by atoms with van der Waals surface area (Å²) in [6.45, 7) is 8.07. The smallest absolute Gasteiger partial charge is 0.250 e. The van der Waals surface area contributed by atoms with Crippen LogP contribution in [0.5, 0.6) is 5.75 Å². The van der Waals surface area contributed by atoms with Crippen molar-refractivity contribution < 1.29 is 13.9 Å². The molecule has 6 heteroatoms. The number of anilines is 1. The Morgan fingerprint density at radius 3 is 2.68 bits per heavy atom. The van der Waals surface area contributed by atoms with Crippen molar-refractivity contribution in [2.75, 3.05) is 12.4 Å². The Morgan fingerprint density at radius 2 is 2.00 bits per heavy atom. The number of ether oxygens (including phenoxy) is 1. The number of allylic oxidation sites excluding steroid dienone is 1. The van der Waals surface area contributed by atoms with Gasteiger partial charge in [0.25, 0.3) is 0 Å². The summed E-state index contributed by atoms with van der Waals surface area (Å²) in [6.07, 6.45) is 5.03. The second kappa shape index (κ2) is 8.40. The van der Waals surface area contributed by atoms with Gasteiger partial charge in [-0.15, -0.1) is 11.3 Å².